The second kappa shape index (κ2) is 2.03. The van der Waals surface area contributed by atoms with Gasteiger partial charge in [0.1, 0.15) is 0 Å². The third-order valence-electron chi connectivity index (χ3n) is 1.44. The highest BCUT2D eigenvalue weighted by atomic mass is 14.6. The average molecular weight is 109 g/mol. The third kappa shape index (κ3) is 0.915. The molecule has 0 aliphatic heterocycles. The van der Waals surface area contributed by atoms with Crippen molar-refractivity contribution in [3.8, 4) is 0 Å². The fourth-order valence-corrected chi connectivity index (χ4v) is 0.784. The monoisotopic (exact) mass is 109 g/mol. The van der Waals surface area contributed by atoms with Crippen LogP contribution in [0.5, 0.6) is 0 Å². The molecule has 8 heavy (non-hydrogen) atoms. The molecule has 0 amide bonds. The Kier molecular flexibility index (Phi) is 1.38. The van der Waals surface area contributed by atoms with Gasteiger partial charge in [0.05, 0.1) is 0 Å². The molecule has 1 atom stereocenters. The maximum atomic E-state index is 5.59. The SMILES string of the molecule is CC1C=CCC=C1N. The van der Waals surface area contributed by atoms with Gasteiger partial charge in [-0.25, -0.2) is 0 Å². The predicted octanol–water partition coefficient (Wildman–Crippen LogP) is 1.43. The summed E-state index contributed by atoms with van der Waals surface area (Å²) in [6.45, 7) is 2.10. The molecule has 0 fully saturated rings. The fourth-order valence-electron chi connectivity index (χ4n) is 0.784. The Hall–Kier alpha value is -0.720. The summed E-state index contributed by atoms with van der Waals surface area (Å²) < 4.78 is 0. The summed E-state index contributed by atoms with van der Waals surface area (Å²) in [6.07, 6.45) is 7.34. The van der Waals surface area contributed by atoms with Crippen LogP contribution in [0.2, 0.25) is 0 Å². The van der Waals surface area contributed by atoms with E-state index in [1.165, 1.54) is 0 Å². The third-order valence-corrected chi connectivity index (χ3v) is 1.44. The fraction of sp³-hybridized carbons (Fsp3) is 0.429. The molecule has 1 aliphatic carbocycles. The lowest BCUT2D eigenvalue weighted by atomic mass is 10.0. The van der Waals surface area contributed by atoms with Crippen molar-refractivity contribution < 1.29 is 0 Å². The summed E-state index contributed by atoms with van der Waals surface area (Å²) in [7, 11) is 0. The summed E-state index contributed by atoms with van der Waals surface area (Å²) >= 11 is 0. The van der Waals surface area contributed by atoms with Gasteiger partial charge >= 0.3 is 0 Å². The zero-order valence-electron chi connectivity index (χ0n) is 5.09. The van der Waals surface area contributed by atoms with Crippen LogP contribution in [0.3, 0.4) is 0 Å². The Morgan fingerprint density at radius 3 is 2.88 bits per heavy atom. The van der Waals surface area contributed by atoms with Crippen molar-refractivity contribution >= 4 is 0 Å². The lowest BCUT2D eigenvalue weighted by Gasteiger charge is -2.09. The van der Waals surface area contributed by atoms with E-state index < -0.39 is 0 Å². The van der Waals surface area contributed by atoms with Crippen LogP contribution in [0, 0.1) is 5.92 Å². The van der Waals surface area contributed by atoms with E-state index >= 15 is 0 Å². The summed E-state index contributed by atoms with van der Waals surface area (Å²) in [5.74, 6) is 0.462. The molecule has 0 spiro atoms. The summed E-state index contributed by atoms with van der Waals surface area (Å²) in [6, 6.07) is 0. The van der Waals surface area contributed by atoms with Crippen LogP contribution in [-0.2, 0) is 0 Å². The summed E-state index contributed by atoms with van der Waals surface area (Å²) in [4.78, 5) is 0. The maximum Gasteiger partial charge on any atom is 0.0133 e. The first-order valence-corrected chi connectivity index (χ1v) is 2.93. The van der Waals surface area contributed by atoms with Gasteiger partial charge < -0.3 is 5.73 Å². The Bertz CT molecular complexity index is 133. The minimum atomic E-state index is 0.462. The largest absolute Gasteiger partial charge is 0.402 e. The second-order valence-electron chi connectivity index (χ2n) is 2.16. The molecule has 1 rings (SSSR count). The van der Waals surface area contributed by atoms with E-state index in [-0.39, 0.29) is 0 Å². The molecule has 1 heteroatoms. The van der Waals surface area contributed by atoms with Crippen molar-refractivity contribution in [1.82, 2.24) is 0 Å². The van der Waals surface area contributed by atoms with Gasteiger partial charge in [0, 0.05) is 11.6 Å². The Morgan fingerprint density at radius 2 is 2.50 bits per heavy atom. The van der Waals surface area contributed by atoms with Crippen molar-refractivity contribution in [3.05, 3.63) is 23.9 Å². The van der Waals surface area contributed by atoms with Crippen LogP contribution in [-0.4, -0.2) is 0 Å². The topological polar surface area (TPSA) is 26.0 Å². The molecule has 0 radical (unpaired) electrons. The minimum Gasteiger partial charge on any atom is -0.402 e. The highest BCUT2D eigenvalue weighted by molar-refractivity contribution is 5.15. The zero-order valence-corrected chi connectivity index (χ0v) is 5.09. The van der Waals surface area contributed by atoms with Gasteiger partial charge in [-0.05, 0) is 6.42 Å². The van der Waals surface area contributed by atoms with Gasteiger partial charge in [-0.15, -0.1) is 0 Å². The molecule has 0 heterocycles. The van der Waals surface area contributed by atoms with Crippen LogP contribution in [0.15, 0.2) is 23.9 Å². The maximum absolute atomic E-state index is 5.59. The van der Waals surface area contributed by atoms with Gasteiger partial charge in [-0.2, -0.15) is 0 Å². The van der Waals surface area contributed by atoms with E-state index in [1.807, 2.05) is 0 Å². The number of nitrogens with two attached hydrogens (primary N) is 1. The highest BCUT2D eigenvalue weighted by Gasteiger charge is 2.01. The normalized spacial score (nSPS) is 27.6. The first kappa shape index (κ1) is 5.42. The van der Waals surface area contributed by atoms with E-state index in [0.717, 1.165) is 12.1 Å². The van der Waals surface area contributed by atoms with Gasteiger partial charge in [0.2, 0.25) is 0 Å². The molecule has 2 N–H and O–H groups in total. The van der Waals surface area contributed by atoms with Gasteiger partial charge in [-0.1, -0.05) is 25.2 Å². The number of hydrogen-bond acceptors (Lipinski definition) is 1. The average Bonchev–Trinajstić information content (AvgIpc) is 1.77. The molecule has 0 aromatic heterocycles. The molecular formula is C7H11N. The molecule has 0 saturated carbocycles. The van der Waals surface area contributed by atoms with Gasteiger partial charge in [-0.3, -0.25) is 0 Å². The smallest absolute Gasteiger partial charge is 0.0133 e. The molecule has 0 aromatic rings. The van der Waals surface area contributed by atoms with Crippen LogP contribution >= 0.6 is 0 Å². The van der Waals surface area contributed by atoms with E-state index in [1.54, 1.807) is 0 Å². The molecule has 0 bridgehead atoms. The Morgan fingerprint density at radius 1 is 1.75 bits per heavy atom. The second-order valence-corrected chi connectivity index (χ2v) is 2.16. The summed E-state index contributed by atoms with van der Waals surface area (Å²) in [5, 5.41) is 0. The number of allylic oxidation sites excluding steroid dienone is 3. The van der Waals surface area contributed by atoms with Crippen molar-refractivity contribution in [2.45, 2.75) is 13.3 Å². The van der Waals surface area contributed by atoms with Crippen molar-refractivity contribution in [2.75, 3.05) is 0 Å². The Balaban J connectivity index is 2.63. The van der Waals surface area contributed by atoms with E-state index in [4.69, 9.17) is 5.73 Å². The standard InChI is InChI=1S/C7H11N/c1-6-4-2-3-5-7(6)8/h2,4-6H,3,8H2,1H3. The molecule has 1 aliphatic rings. The molecule has 1 unspecified atom stereocenters. The number of rotatable bonds is 0. The van der Waals surface area contributed by atoms with Crippen LogP contribution in [0.25, 0.3) is 0 Å². The quantitative estimate of drug-likeness (QED) is 0.468. The Labute approximate surface area is 49.9 Å². The van der Waals surface area contributed by atoms with Crippen molar-refractivity contribution in [2.24, 2.45) is 11.7 Å². The van der Waals surface area contributed by atoms with Crippen molar-refractivity contribution in [3.63, 3.8) is 0 Å². The first-order chi connectivity index (χ1) is 3.80. The van der Waals surface area contributed by atoms with Crippen LogP contribution in [0.4, 0.5) is 0 Å². The first-order valence-electron chi connectivity index (χ1n) is 2.93. The van der Waals surface area contributed by atoms with E-state index in [9.17, 15) is 0 Å². The zero-order chi connectivity index (χ0) is 5.98. The van der Waals surface area contributed by atoms with E-state index in [2.05, 4.69) is 25.2 Å². The predicted molar refractivity (Wildman–Crippen MR) is 35.2 cm³/mol. The van der Waals surface area contributed by atoms with Gasteiger partial charge in [0.15, 0.2) is 0 Å². The molecule has 1 nitrogen and oxygen atoms in total. The van der Waals surface area contributed by atoms with Gasteiger partial charge in [0.25, 0.3) is 0 Å². The molecule has 44 valence electrons. The highest BCUT2D eigenvalue weighted by Crippen LogP contribution is 2.12. The molecule has 0 saturated heterocycles. The molecular weight excluding hydrogens is 98.1 g/mol. The van der Waals surface area contributed by atoms with Crippen LogP contribution in [0.1, 0.15) is 13.3 Å². The number of hydrogen-bond donors (Lipinski definition) is 1. The lowest BCUT2D eigenvalue weighted by Crippen LogP contribution is -2.07. The minimum absolute atomic E-state index is 0.462. The summed E-state index contributed by atoms with van der Waals surface area (Å²) in [5.41, 5.74) is 6.60. The lowest BCUT2D eigenvalue weighted by molar-refractivity contribution is 0.820. The van der Waals surface area contributed by atoms with Crippen LogP contribution < -0.4 is 5.73 Å². The van der Waals surface area contributed by atoms with Crippen molar-refractivity contribution in [1.29, 1.82) is 0 Å². The van der Waals surface area contributed by atoms with E-state index in [0.29, 0.717) is 5.92 Å². The molecule has 0 aromatic carbocycles.